The van der Waals surface area contributed by atoms with E-state index in [1.54, 1.807) is 0 Å². The van der Waals surface area contributed by atoms with Gasteiger partial charge in [-0.1, -0.05) is 12.7 Å². The molecule has 1 aliphatic heterocycles. The average molecular weight is 205 g/mol. The molecule has 0 aromatic heterocycles. The van der Waals surface area contributed by atoms with Crippen molar-refractivity contribution in [1.82, 2.24) is 4.90 Å². The fourth-order valence-corrected chi connectivity index (χ4v) is 1.24. The first kappa shape index (κ1) is 10.9. The largest absolute Gasteiger partial charge is 0.445 e. The van der Waals surface area contributed by atoms with Crippen LogP contribution in [0.5, 0.6) is 0 Å². The van der Waals surface area contributed by atoms with E-state index in [1.807, 2.05) is 0 Å². The predicted octanol–water partition coefficient (Wildman–Crippen LogP) is 2.04. The SMILES string of the molecule is C=CCOC(=O)N1CCC(F)(F)CC1. The van der Waals surface area contributed by atoms with E-state index in [4.69, 9.17) is 4.74 Å². The summed E-state index contributed by atoms with van der Waals surface area (Å²) >= 11 is 0. The van der Waals surface area contributed by atoms with Gasteiger partial charge in [-0.15, -0.1) is 0 Å². The minimum Gasteiger partial charge on any atom is -0.445 e. The number of hydrogen-bond donors (Lipinski definition) is 0. The van der Waals surface area contributed by atoms with Crippen LogP contribution in [0.15, 0.2) is 12.7 Å². The van der Waals surface area contributed by atoms with E-state index in [0.717, 1.165) is 0 Å². The first-order chi connectivity index (χ1) is 6.55. The topological polar surface area (TPSA) is 29.5 Å². The maximum Gasteiger partial charge on any atom is 0.410 e. The molecule has 5 heteroatoms. The van der Waals surface area contributed by atoms with Gasteiger partial charge in [-0.2, -0.15) is 0 Å². The number of amides is 1. The Morgan fingerprint density at radius 3 is 2.57 bits per heavy atom. The average Bonchev–Trinajstić information content (AvgIpc) is 2.14. The quantitative estimate of drug-likeness (QED) is 0.645. The molecule has 0 saturated carbocycles. The number of hydrogen-bond acceptors (Lipinski definition) is 2. The van der Waals surface area contributed by atoms with Crippen LogP contribution in [-0.4, -0.2) is 36.6 Å². The standard InChI is InChI=1S/C9H13F2NO2/c1-2-7-14-8(13)12-5-3-9(10,11)4-6-12/h2H,1,3-7H2. The number of carbonyl (C=O) groups excluding carboxylic acids is 1. The summed E-state index contributed by atoms with van der Waals surface area (Å²) in [7, 11) is 0. The Morgan fingerprint density at radius 1 is 1.50 bits per heavy atom. The third-order valence-electron chi connectivity index (χ3n) is 2.08. The van der Waals surface area contributed by atoms with Crippen molar-refractivity contribution in [2.24, 2.45) is 0 Å². The molecular formula is C9H13F2NO2. The summed E-state index contributed by atoms with van der Waals surface area (Å²) in [6, 6.07) is 0. The Morgan fingerprint density at radius 2 is 2.07 bits per heavy atom. The first-order valence-corrected chi connectivity index (χ1v) is 4.45. The second-order valence-electron chi connectivity index (χ2n) is 3.21. The number of piperidine rings is 1. The van der Waals surface area contributed by atoms with Gasteiger partial charge in [0.05, 0.1) is 0 Å². The Hall–Kier alpha value is -1.13. The lowest BCUT2D eigenvalue weighted by molar-refractivity contribution is -0.0520. The lowest BCUT2D eigenvalue weighted by atomic mass is 10.1. The molecule has 1 heterocycles. The van der Waals surface area contributed by atoms with Gasteiger partial charge in [-0.25, -0.2) is 13.6 Å². The molecule has 0 bridgehead atoms. The van der Waals surface area contributed by atoms with Crippen molar-refractivity contribution in [2.45, 2.75) is 18.8 Å². The zero-order valence-corrected chi connectivity index (χ0v) is 7.84. The van der Waals surface area contributed by atoms with E-state index < -0.39 is 12.0 Å². The molecule has 0 atom stereocenters. The fourth-order valence-electron chi connectivity index (χ4n) is 1.24. The van der Waals surface area contributed by atoms with Crippen LogP contribution in [-0.2, 0) is 4.74 Å². The van der Waals surface area contributed by atoms with Crippen molar-refractivity contribution in [3.63, 3.8) is 0 Å². The molecule has 0 radical (unpaired) electrons. The molecule has 3 nitrogen and oxygen atoms in total. The van der Waals surface area contributed by atoms with Gasteiger partial charge in [0.15, 0.2) is 0 Å². The highest BCUT2D eigenvalue weighted by molar-refractivity contribution is 5.67. The van der Waals surface area contributed by atoms with Crippen molar-refractivity contribution < 1.29 is 18.3 Å². The highest BCUT2D eigenvalue weighted by Crippen LogP contribution is 2.27. The summed E-state index contributed by atoms with van der Waals surface area (Å²) in [4.78, 5) is 12.5. The summed E-state index contributed by atoms with van der Waals surface area (Å²) in [6.45, 7) is 3.62. The predicted molar refractivity (Wildman–Crippen MR) is 47.3 cm³/mol. The van der Waals surface area contributed by atoms with Crippen molar-refractivity contribution in [2.75, 3.05) is 19.7 Å². The number of nitrogens with zero attached hydrogens (tertiary/aromatic N) is 1. The molecule has 0 unspecified atom stereocenters. The van der Waals surface area contributed by atoms with E-state index in [0.29, 0.717) is 0 Å². The molecule has 0 N–H and O–H groups in total. The minimum atomic E-state index is -2.63. The Kier molecular flexibility index (Phi) is 3.43. The molecule has 80 valence electrons. The second-order valence-corrected chi connectivity index (χ2v) is 3.21. The van der Waals surface area contributed by atoms with Gasteiger partial charge >= 0.3 is 6.09 Å². The van der Waals surface area contributed by atoms with Gasteiger partial charge in [-0.05, 0) is 0 Å². The zero-order valence-electron chi connectivity index (χ0n) is 7.84. The van der Waals surface area contributed by atoms with Gasteiger partial charge in [-0.3, -0.25) is 0 Å². The minimum absolute atomic E-state index is 0.0585. The third kappa shape index (κ3) is 2.97. The van der Waals surface area contributed by atoms with Crippen LogP contribution < -0.4 is 0 Å². The molecule has 1 amide bonds. The van der Waals surface area contributed by atoms with Gasteiger partial charge in [0.25, 0.3) is 5.92 Å². The van der Waals surface area contributed by atoms with Crippen molar-refractivity contribution in [3.8, 4) is 0 Å². The Labute approximate surface area is 81.3 Å². The third-order valence-corrected chi connectivity index (χ3v) is 2.08. The summed E-state index contributed by atoms with van der Waals surface area (Å²) in [6.07, 6.45) is 0.337. The van der Waals surface area contributed by atoms with Crippen LogP contribution >= 0.6 is 0 Å². The van der Waals surface area contributed by atoms with Crippen LogP contribution in [0.4, 0.5) is 13.6 Å². The van der Waals surface area contributed by atoms with Crippen LogP contribution in [0.25, 0.3) is 0 Å². The normalized spacial score (nSPS) is 20.3. The highest BCUT2D eigenvalue weighted by atomic mass is 19.3. The molecule has 0 spiro atoms. The van der Waals surface area contributed by atoms with Crippen LogP contribution in [0, 0.1) is 0 Å². The summed E-state index contributed by atoms with van der Waals surface area (Å²) in [5.41, 5.74) is 0. The monoisotopic (exact) mass is 205 g/mol. The summed E-state index contributed by atoms with van der Waals surface area (Å²) in [5, 5.41) is 0. The number of halogens is 2. The van der Waals surface area contributed by atoms with Gasteiger partial charge in [0.2, 0.25) is 0 Å². The van der Waals surface area contributed by atoms with Crippen molar-refractivity contribution in [3.05, 3.63) is 12.7 Å². The van der Waals surface area contributed by atoms with Crippen molar-refractivity contribution in [1.29, 1.82) is 0 Å². The number of ether oxygens (including phenoxy) is 1. The number of alkyl halides is 2. The molecule has 0 aromatic rings. The first-order valence-electron chi connectivity index (χ1n) is 4.45. The van der Waals surface area contributed by atoms with E-state index in [2.05, 4.69) is 6.58 Å². The molecule has 1 saturated heterocycles. The van der Waals surface area contributed by atoms with Crippen LogP contribution in [0.3, 0.4) is 0 Å². The number of likely N-dealkylation sites (tertiary alicyclic amines) is 1. The highest BCUT2D eigenvalue weighted by Gasteiger charge is 2.35. The van der Waals surface area contributed by atoms with Crippen LogP contribution in [0.2, 0.25) is 0 Å². The number of rotatable bonds is 2. The molecular weight excluding hydrogens is 192 g/mol. The van der Waals surface area contributed by atoms with Gasteiger partial charge in [0, 0.05) is 25.9 Å². The second kappa shape index (κ2) is 4.39. The smallest absolute Gasteiger partial charge is 0.410 e. The van der Waals surface area contributed by atoms with E-state index in [9.17, 15) is 13.6 Å². The Balaban J connectivity index is 2.34. The lowest BCUT2D eigenvalue weighted by Crippen LogP contribution is -2.42. The van der Waals surface area contributed by atoms with Gasteiger partial charge in [0.1, 0.15) is 6.61 Å². The van der Waals surface area contributed by atoms with E-state index in [1.165, 1.54) is 11.0 Å². The summed E-state index contributed by atoms with van der Waals surface area (Å²) in [5.74, 6) is -2.63. The fraction of sp³-hybridized carbons (Fsp3) is 0.667. The van der Waals surface area contributed by atoms with Crippen molar-refractivity contribution >= 4 is 6.09 Å². The van der Waals surface area contributed by atoms with Crippen LogP contribution in [0.1, 0.15) is 12.8 Å². The maximum atomic E-state index is 12.7. The molecule has 1 aliphatic rings. The molecule has 14 heavy (non-hydrogen) atoms. The zero-order chi connectivity index (χ0) is 10.6. The number of carbonyl (C=O) groups is 1. The Bertz CT molecular complexity index is 221. The molecule has 1 rings (SSSR count). The molecule has 0 aliphatic carbocycles. The molecule has 0 aromatic carbocycles. The maximum absolute atomic E-state index is 12.7. The van der Waals surface area contributed by atoms with E-state index in [-0.39, 0.29) is 32.5 Å². The molecule has 1 fully saturated rings. The summed E-state index contributed by atoms with van der Waals surface area (Å²) < 4.78 is 30.1. The van der Waals surface area contributed by atoms with E-state index >= 15 is 0 Å². The lowest BCUT2D eigenvalue weighted by Gasteiger charge is -2.30. The van der Waals surface area contributed by atoms with Gasteiger partial charge < -0.3 is 9.64 Å².